The summed E-state index contributed by atoms with van der Waals surface area (Å²) in [5.41, 5.74) is 0.312. The fourth-order valence-electron chi connectivity index (χ4n) is 1.25. The Hall–Kier alpha value is -0.470. The Morgan fingerprint density at radius 2 is 1.93 bits per heavy atom. The third-order valence-corrected chi connectivity index (χ3v) is 3.07. The SMILES string of the molecule is CCCC(OCC)Sc1ccccc1. The standard InChI is InChI=1S/C12H18OS/c1-3-8-12(13-4-2)14-11-9-6-5-7-10-11/h5-7,9-10,12H,3-4,8H2,1-2H3. The van der Waals surface area contributed by atoms with E-state index < -0.39 is 0 Å². The van der Waals surface area contributed by atoms with Crippen LogP contribution in [0.2, 0.25) is 0 Å². The van der Waals surface area contributed by atoms with Crippen LogP contribution >= 0.6 is 11.8 Å². The summed E-state index contributed by atoms with van der Waals surface area (Å²) in [5, 5.41) is 0. The normalized spacial score (nSPS) is 12.7. The molecule has 0 saturated carbocycles. The van der Waals surface area contributed by atoms with E-state index in [0.29, 0.717) is 5.44 Å². The second kappa shape index (κ2) is 6.91. The molecule has 1 unspecified atom stereocenters. The first-order valence-electron chi connectivity index (χ1n) is 5.20. The van der Waals surface area contributed by atoms with Crippen molar-refractivity contribution < 1.29 is 4.74 Å². The van der Waals surface area contributed by atoms with Crippen LogP contribution in [0.15, 0.2) is 35.2 Å². The molecule has 0 aliphatic heterocycles. The highest BCUT2D eigenvalue weighted by Crippen LogP contribution is 2.26. The summed E-state index contributed by atoms with van der Waals surface area (Å²) in [5.74, 6) is 0. The number of hydrogen-bond acceptors (Lipinski definition) is 2. The van der Waals surface area contributed by atoms with Crippen LogP contribution in [0.1, 0.15) is 26.7 Å². The Morgan fingerprint density at radius 1 is 1.21 bits per heavy atom. The molecule has 0 heterocycles. The molecule has 0 saturated heterocycles. The predicted octanol–water partition coefficient (Wildman–Crippen LogP) is 3.94. The smallest absolute Gasteiger partial charge is 0.107 e. The summed E-state index contributed by atoms with van der Waals surface area (Å²) in [6.45, 7) is 5.04. The summed E-state index contributed by atoms with van der Waals surface area (Å²) in [6.07, 6.45) is 2.29. The molecule has 2 heteroatoms. The van der Waals surface area contributed by atoms with Crippen LogP contribution in [0.3, 0.4) is 0 Å². The lowest BCUT2D eigenvalue weighted by atomic mass is 10.3. The van der Waals surface area contributed by atoms with Gasteiger partial charge in [0, 0.05) is 11.5 Å². The Balaban J connectivity index is 2.46. The van der Waals surface area contributed by atoms with Gasteiger partial charge in [-0.05, 0) is 25.5 Å². The molecule has 1 aromatic rings. The highest BCUT2D eigenvalue weighted by atomic mass is 32.2. The van der Waals surface area contributed by atoms with E-state index in [1.54, 1.807) is 0 Å². The average Bonchev–Trinajstić information content (AvgIpc) is 2.20. The molecule has 0 radical (unpaired) electrons. The summed E-state index contributed by atoms with van der Waals surface area (Å²) in [6, 6.07) is 10.4. The molecule has 0 bridgehead atoms. The van der Waals surface area contributed by atoms with Crippen molar-refractivity contribution in [3.8, 4) is 0 Å². The minimum atomic E-state index is 0.312. The van der Waals surface area contributed by atoms with Crippen LogP contribution in [-0.2, 0) is 4.74 Å². The molecular formula is C12H18OS. The highest BCUT2D eigenvalue weighted by molar-refractivity contribution is 7.99. The van der Waals surface area contributed by atoms with E-state index in [1.807, 2.05) is 24.8 Å². The van der Waals surface area contributed by atoms with Gasteiger partial charge in [-0.25, -0.2) is 0 Å². The molecule has 0 N–H and O–H groups in total. The fourth-order valence-corrected chi connectivity index (χ4v) is 2.42. The van der Waals surface area contributed by atoms with Gasteiger partial charge in [-0.15, -0.1) is 0 Å². The zero-order valence-electron chi connectivity index (χ0n) is 8.90. The topological polar surface area (TPSA) is 9.23 Å². The minimum Gasteiger partial charge on any atom is -0.368 e. The summed E-state index contributed by atoms with van der Waals surface area (Å²) in [7, 11) is 0. The molecular weight excluding hydrogens is 192 g/mol. The van der Waals surface area contributed by atoms with Crippen LogP contribution in [-0.4, -0.2) is 12.0 Å². The van der Waals surface area contributed by atoms with Crippen molar-refractivity contribution in [1.29, 1.82) is 0 Å². The molecule has 0 aromatic heterocycles. The molecule has 0 fully saturated rings. The third-order valence-electron chi connectivity index (χ3n) is 1.89. The minimum absolute atomic E-state index is 0.312. The maximum absolute atomic E-state index is 5.65. The molecule has 1 nitrogen and oxygen atoms in total. The molecule has 1 atom stereocenters. The van der Waals surface area contributed by atoms with Crippen LogP contribution in [0, 0.1) is 0 Å². The maximum atomic E-state index is 5.65. The van der Waals surface area contributed by atoms with Crippen molar-refractivity contribution in [3.05, 3.63) is 30.3 Å². The van der Waals surface area contributed by atoms with Crippen molar-refractivity contribution in [1.82, 2.24) is 0 Å². The van der Waals surface area contributed by atoms with Crippen molar-refractivity contribution >= 4 is 11.8 Å². The van der Waals surface area contributed by atoms with E-state index in [0.717, 1.165) is 13.0 Å². The Bertz CT molecular complexity index is 229. The second-order valence-electron chi connectivity index (χ2n) is 3.10. The number of ether oxygens (including phenoxy) is 1. The van der Waals surface area contributed by atoms with Crippen LogP contribution < -0.4 is 0 Å². The van der Waals surface area contributed by atoms with E-state index >= 15 is 0 Å². The third kappa shape index (κ3) is 4.16. The van der Waals surface area contributed by atoms with Gasteiger partial charge in [-0.2, -0.15) is 0 Å². The van der Waals surface area contributed by atoms with Crippen molar-refractivity contribution in [2.45, 2.75) is 37.0 Å². The van der Waals surface area contributed by atoms with Gasteiger partial charge >= 0.3 is 0 Å². The summed E-state index contributed by atoms with van der Waals surface area (Å²) < 4.78 is 5.65. The van der Waals surface area contributed by atoms with Gasteiger partial charge in [0.1, 0.15) is 5.44 Å². The van der Waals surface area contributed by atoms with Gasteiger partial charge in [0.15, 0.2) is 0 Å². The van der Waals surface area contributed by atoms with Gasteiger partial charge in [0.25, 0.3) is 0 Å². The van der Waals surface area contributed by atoms with Gasteiger partial charge in [-0.1, -0.05) is 43.3 Å². The van der Waals surface area contributed by atoms with Crippen molar-refractivity contribution in [3.63, 3.8) is 0 Å². The van der Waals surface area contributed by atoms with Crippen LogP contribution in [0.25, 0.3) is 0 Å². The van der Waals surface area contributed by atoms with Gasteiger partial charge < -0.3 is 4.74 Å². The van der Waals surface area contributed by atoms with Gasteiger partial charge in [-0.3, -0.25) is 0 Å². The lowest BCUT2D eigenvalue weighted by molar-refractivity contribution is 0.118. The lowest BCUT2D eigenvalue weighted by Gasteiger charge is -2.15. The van der Waals surface area contributed by atoms with Gasteiger partial charge in [0.05, 0.1) is 0 Å². The Kier molecular flexibility index (Phi) is 5.72. The zero-order valence-corrected chi connectivity index (χ0v) is 9.72. The lowest BCUT2D eigenvalue weighted by Crippen LogP contribution is -2.07. The van der Waals surface area contributed by atoms with Crippen molar-refractivity contribution in [2.24, 2.45) is 0 Å². The molecule has 1 rings (SSSR count). The summed E-state index contributed by atoms with van der Waals surface area (Å²) in [4.78, 5) is 1.29. The molecule has 0 aliphatic carbocycles. The number of thioether (sulfide) groups is 1. The Morgan fingerprint density at radius 3 is 2.50 bits per heavy atom. The molecule has 78 valence electrons. The second-order valence-corrected chi connectivity index (χ2v) is 4.34. The quantitative estimate of drug-likeness (QED) is 0.519. The molecule has 1 aromatic carbocycles. The van der Waals surface area contributed by atoms with E-state index in [1.165, 1.54) is 11.3 Å². The van der Waals surface area contributed by atoms with Crippen LogP contribution in [0.5, 0.6) is 0 Å². The largest absolute Gasteiger partial charge is 0.368 e. The first-order valence-corrected chi connectivity index (χ1v) is 6.08. The molecule has 0 aliphatic rings. The number of hydrogen-bond donors (Lipinski definition) is 0. The predicted molar refractivity (Wildman–Crippen MR) is 62.6 cm³/mol. The van der Waals surface area contributed by atoms with E-state index in [9.17, 15) is 0 Å². The van der Waals surface area contributed by atoms with E-state index in [2.05, 4.69) is 31.2 Å². The first-order chi connectivity index (χ1) is 6.86. The van der Waals surface area contributed by atoms with Gasteiger partial charge in [0.2, 0.25) is 0 Å². The Labute approximate surface area is 90.9 Å². The van der Waals surface area contributed by atoms with Crippen molar-refractivity contribution in [2.75, 3.05) is 6.61 Å². The first kappa shape index (κ1) is 11.6. The summed E-state index contributed by atoms with van der Waals surface area (Å²) >= 11 is 1.82. The number of rotatable bonds is 6. The molecule has 0 spiro atoms. The average molecular weight is 210 g/mol. The molecule has 0 amide bonds. The molecule has 14 heavy (non-hydrogen) atoms. The maximum Gasteiger partial charge on any atom is 0.107 e. The monoisotopic (exact) mass is 210 g/mol. The number of benzene rings is 1. The van der Waals surface area contributed by atoms with E-state index in [4.69, 9.17) is 4.74 Å². The fraction of sp³-hybridized carbons (Fsp3) is 0.500. The zero-order chi connectivity index (χ0) is 10.2. The highest BCUT2D eigenvalue weighted by Gasteiger charge is 2.08. The van der Waals surface area contributed by atoms with Crippen LogP contribution in [0.4, 0.5) is 0 Å². The van der Waals surface area contributed by atoms with E-state index in [-0.39, 0.29) is 0 Å².